The first-order valence-electron chi connectivity index (χ1n) is 11.0. The Hall–Kier alpha value is -3.39. The molecule has 8 heteroatoms. The lowest BCUT2D eigenvalue weighted by molar-refractivity contribution is -0.139. The quantitative estimate of drug-likeness (QED) is 0.523. The van der Waals surface area contributed by atoms with Gasteiger partial charge in [0.25, 0.3) is 5.91 Å². The van der Waals surface area contributed by atoms with Gasteiger partial charge in [0.05, 0.1) is 12.8 Å². The van der Waals surface area contributed by atoms with Crippen LogP contribution in [-0.2, 0) is 16.0 Å². The van der Waals surface area contributed by atoms with E-state index >= 15 is 0 Å². The summed E-state index contributed by atoms with van der Waals surface area (Å²) in [6.45, 7) is 0.949. The zero-order chi connectivity index (χ0) is 23.0. The van der Waals surface area contributed by atoms with Gasteiger partial charge in [-0.3, -0.25) is 9.59 Å². The van der Waals surface area contributed by atoms with Crippen LogP contribution in [0.2, 0.25) is 0 Å². The van der Waals surface area contributed by atoms with Crippen LogP contribution < -0.4 is 14.8 Å². The van der Waals surface area contributed by atoms with Crippen molar-refractivity contribution < 1.29 is 19.1 Å². The highest BCUT2D eigenvalue weighted by atomic mass is 32.1. The van der Waals surface area contributed by atoms with Crippen LogP contribution in [0.25, 0.3) is 10.6 Å². The molecule has 2 aromatic carbocycles. The van der Waals surface area contributed by atoms with Gasteiger partial charge in [0.15, 0.2) is 6.61 Å². The average molecular weight is 466 g/mol. The highest BCUT2D eigenvalue weighted by Crippen LogP contribution is 2.23. The number of aromatic nitrogens is 1. The Bertz CT molecular complexity index is 1070. The summed E-state index contributed by atoms with van der Waals surface area (Å²) < 4.78 is 10.7. The molecule has 1 aliphatic heterocycles. The van der Waals surface area contributed by atoms with Crippen LogP contribution in [0.5, 0.6) is 11.5 Å². The molecule has 0 aliphatic carbocycles. The fourth-order valence-corrected chi connectivity index (χ4v) is 4.66. The molecule has 3 aromatic rings. The third kappa shape index (κ3) is 5.90. The van der Waals surface area contributed by atoms with Crippen molar-refractivity contribution in [2.45, 2.75) is 25.3 Å². The Kier molecular flexibility index (Phi) is 7.57. The molecule has 0 spiro atoms. The molecule has 7 nitrogen and oxygen atoms in total. The van der Waals surface area contributed by atoms with Crippen molar-refractivity contribution >= 4 is 23.2 Å². The van der Waals surface area contributed by atoms with Crippen LogP contribution in [0, 0.1) is 0 Å². The van der Waals surface area contributed by atoms with E-state index in [1.807, 2.05) is 35.7 Å². The van der Waals surface area contributed by atoms with E-state index in [4.69, 9.17) is 9.47 Å². The van der Waals surface area contributed by atoms with Gasteiger partial charge in [0.1, 0.15) is 22.5 Å². The number of ether oxygens (including phenoxy) is 2. The predicted molar refractivity (Wildman–Crippen MR) is 127 cm³/mol. The third-order valence-electron chi connectivity index (χ3n) is 5.55. The van der Waals surface area contributed by atoms with E-state index in [2.05, 4.69) is 10.3 Å². The lowest BCUT2D eigenvalue weighted by Crippen LogP contribution is -2.47. The molecule has 2 heterocycles. The Morgan fingerprint density at radius 1 is 1.12 bits per heavy atom. The van der Waals surface area contributed by atoms with E-state index < -0.39 is 6.04 Å². The van der Waals surface area contributed by atoms with Crippen molar-refractivity contribution in [3.8, 4) is 22.1 Å². The number of carbonyl (C=O) groups excluding carboxylic acids is 2. The summed E-state index contributed by atoms with van der Waals surface area (Å²) in [6.07, 6.45) is 2.12. The van der Waals surface area contributed by atoms with Gasteiger partial charge in [0.2, 0.25) is 5.91 Å². The van der Waals surface area contributed by atoms with Crippen molar-refractivity contribution in [2.24, 2.45) is 0 Å². The first kappa shape index (κ1) is 22.8. The number of likely N-dealkylation sites (tertiary alicyclic amines) is 1. The summed E-state index contributed by atoms with van der Waals surface area (Å²) in [5, 5.41) is 5.97. The number of carbonyl (C=O) groups is 2. The van der Waals surface area contributed by atoms with E-state index in [1.165, 1.54) is 0 Å². The van der Waals surface area contributed by atoms with Crippen molar-refractivity contribution in [3.05, 3.63) is 65.7 Å². The normalized spacial score (nSPS) is 15.3. The van der Waals surface area contributed by atoms with E-state index in [0.717, 1.165) is 28.4 Å². The van der Waals surface area contributed by atoms with Gasteiger partial charge in [-0.2, -0.15) is 0 Å². The maximum atomic E-state index is 12.7. The molecule has 0 radical (unpaired) electrons. The molecule has 1 fully saturated rings. The van der Waals surface area contributed by atoms with Crippen molar-refractivity contribution in [3.63, 3.8) is 0 Å². The van der Waals surface area contributed by atoms with Gasteiger partial charge < -0.3 is 19.7 Å². The van der Waals surface area contributed by atoms with Gasteiger partial charge in [0, 0.05) is 30.5 Å². The van der Waals surface area contributed by atoms with Crippen LogP contribution in [0.15, 0.2) is 60.0 Å². The molecule has 172 valence electrons. The number of benzene rings is 2. The van der Waals surface area contributed by atoms with Crippen LogP contribution in [0.1, 0.15) is 18.5 Å². The van der Waals surface area contributed by atoms with Crippen molar-refractivity contribution in [1.82, 2.24) is 15.2 Å². The largest absolute Gasteiger partial charge is 0.497 e. The van der Waals surface area contributed by atoms with E-state index in [-0.39, 0.29) is 18.4 Å². The number of hydrogen-bond donors (Lipinski definition) is 1. The topological polar surface area (TPSA) is 80.8 Å². The summed E-state index contributed by atoms with van der Waals surface area (Å²) in [5.74, 6) is 1.00. The van der Waals surface area contributed by atoms with Crippen LogP contribution in [0.3, 0.4) is 0 Å². The molecule has 1 atom stereocenters. The molecule has 1 aromatic heterocycles. The molecular weight excluding hydrogens is 438 g/mol. The first-order valence-corrected chi connectivity index (χ1v) is 11.9. The Morgan fingerprint density at radius 2 is 1.88 bits per heavy atom. The molecule has 0 bridgehead atoms. The molecule has 1 N–H and O–H groups in total. The van der Waals surface area contributed by atoms with Crippen LogP contribution >= 0.6 is 11.3 Å². The summed E-state index contributed by atoms with van der Waals surface area (Å²) >= 11 is 1.60. The number of rotatable bonds is 9. The lowest BCUT2D eigenvalue weighted by atomic mass is 10.2. The predicted octanol–water partition coefficient (Wildman–Crippen LogP) is 3.55. The van der Waals surface area contributed by atoms with Crippen LogP contribution in [0.4, 0.5) is 0 Å². The molecule has 0 saturated carbocycles. The average Bonchev–Trinajstić information content (AvgIpc) is 3.54. The maximum Gasteiger partial charge on any atom is 0.261 e. The van der Waals surface area contributed by atoms with E-state index in [1.54, 1.807) is 47.6 Å². The second-order valence-corrected chi connectivity index (χ2v) is 8.62. The molecule has 1 aliphatic rings. The van der Waals surface area contributed by atoms with Gasteiger partial charge in [-0.05, 0) is 37.1 Å². The number of thiazole rings is 1. The number of nitrogens with one attached hydrogen (secondary N) is 1. The standard InChI is InChI=1S/C25H27N3O4S/c1-31-20-9-11-21(12-10-20)32-16-23(29)28-15-5-8-22(28)24(30)26-14-13-19-17-33-25(27-19)18-6-3-2-4-7-18/h2-4,6-7,9-12,17,22H,5,8,13-16H2,1H3,(H,26,30)/t22-/m1/s1. The van der Waals surface area contributed by atoms with Crippen molar-refractivity contribution in [2.75, 3.05) is 26.8 Å². The number of amides is 2. The van der Waals surface area contributed by atoms with Gasteiger partial charge in [-0.1, -0.05) is 30.3 Å². The summed E-state index contributed by atoms with van der Waals surface area (Å²) in [7, 11) is 1.59. The molecule has 4 rings (SSSR count). The Labute approximate surface area is 197 Å². The smallest absolute Gasteiger partial charge is 0.261 e. The summed E-state index contributed by atoms with van der Waals surface area (Å²) in [5.41, 5.74) is 2.04. The van der Waals surface area contributed by atoms with Crippen molar-refractivity contribution in [1.29, 1.82) is 0 Å². The summed E-state index contributed by atoms with van der Waals surface area (Å²) in [4.78, 5) is 31.7. The van der Waals surface area contributed by atoms with E-state index in [9.17, 15) is 9.59 Å². The lowest BCUT2D eigenvalue weighted by Gasteiger charge is -2.24. The fourth-order valence-electron chi connectivity index (χ4n) is 3.80. The fraction of sp³-hybridized carbons (Fsp3) is 0.320. The monoisotopic (exact) mass is 465 g/mol. The zero-order valence-electron chi connectivity index (χ0n) is 18.5. The minimum atomic E-state index is -0.452. The second-order valence-electron chi connectivity index (χ2n) is 7.76. The number of hydrogen-bond acceptors (Lipinski definition) is 6. The second kappa shape index (κ2) is 11.0. The highest BCUT2D eigenvalue weighted by Gasteiger charge is 2.34. The van der Waals surface area contributed by atoms with Gasteiger partial charge in [-0.25, -0.2) is 4.98 Å². The molecule has 33 heavy (non-hydrogen) atoms. The van der Waals surface area contributed by atoms with E-state index in [0.29, 0.717) is 31.7 Å². The molecule has 2 amide bonds. The summed E-state index contributed by atoms with van der Waals surface area (Å²) in [6, 6.07) is 16.6. The Balaban J connectivity index is 1.24. The van der Waals surface area contributed by atoms with Gasteiger partial charge in [-0.15, -0.1) is 11.3 Å². The third-order valence-corrected chi connectivity index (χ3v) is 6.49. The number of methoxy groups -OCH3 is 1. The SMILES string of the molecule is COc1ccc(OCC(=O)N2CCC[C@@H]2C(=O)NCCc2csc(-c3ccccc3)n2)cc1. The Morgan fingerprint density at radius 3 is 2.64 bits per heavy atom. The minimum Gasteiger partial charge on any atom is -0.497 e. The molecule has 1 saturated heterocycles. The number of nitrogens with zero attached hydrogens (tertiary/aromatic N) is 2. The molecule has 0 unspecified atom stereocenters. The van der Waals surface area contributed by atoms with Crippen LogP contribution in [-0.4, -0.2) is 54.5 Å². The first-order chi connectivity index (χ1) is 16.1. The zero-order valence-corrected chi connectivity index (χ0v) is 19.3. The van der Waals surface area contributed by atoms with Gasteiger partial charge >= 0.3 is 0 Å². The molecular formula is C25H27N3O4S. The minimum absolute atomic E-state index is 0.100. The highest BCUT2D eigenvalue weighted by molar-refractivity contribution is 7.13. The maximum absolute atomic E-state index is 12.7.